The molecule has 0 aliphatic rings. The van der Waals surface area contributed by atoms with Crippen LogP contribution in [0.25, 0.3) is 11.3 Å². The summed E-state index contributed by atoms with van der Waals surface area (Å²) in [7, 11) is 1.29. The Morgan fingerprint density at radius 2 is 1.62 bits per heavy atom. The number of methoxy groups -OCH3 is 1. The number of carbonyl (C=O) groups is 2. The molecule has 1 aromatic heterocycles. The predicted octanol–water partition coefficient (Wildman–Crippen LogP) is 4.01. The number of ether oxygens (including phenoxy) is 2. The molecule has 0 radical (unpaired) electrons. The lowest BCUT2D eigenvalue weighted by Gasteiger charge is -2.09. The Kier molecular flexibility index (Phi) is 5.53. The van der Waals surface area contributed by atoms with Crippen molar-refractivity contribution in [1.82, 2.24) is 10.2 Å². The van der Waals surface area contributed by atoms with Crippen LogP contribution in [0.2, 0.25) is 0 Å². The zero-order valence-electron chi connectivity index (χ0n) is 14.9. The molecule has 2 aromatic carbocycles. The maximum Gasteiger partial charge on any atom is 0.573 e. The average Bonchev–Trinajstić information content (AvgIpc) is 3.15. The van der Waals surface area contributed by atoms with E-state index in [-0.39, 0.29) is 11.4 Å². The van der Waals surface area contributed by atoms with Crippen molar-refractivity contribution in [3.8, 4) is 17.0 Å². The van der Waals surface area contributed by atoms with Gasteiger partial charge >= 0.3 is 12.3 Å². The molecule has 2 N–H and O–H groups in total. The molecular formula is C19H14F3N3O4. The molecule has 1 heterocycles. The lowest BCUT2D eigenvalue weighted by Crippen LogP contribution is -2.17. The number of esters is 1. The fraction of sp³-hybridized carbons (Fsp3) is 0.105. The van der Waals surface area contributed by atoms with Gasteiger partial charge in [0.2, 0.25) is 0 Å². The summed E-state index contributed by atoms with van der Waals surface area (Å²) in [6.07, 6.45) is -4.80. The van der Waals surface area contributed by atoms with Gasteiger partial charge in [0, 0.05) is 17.2 Å². The van der Waals surface area contributed by atoms with E-state index in [4.69, 9.17) is 0 Å². The third kappa shape index (κ3) is 5.12. The number of aromatic nitrogens is 2. The van der Waals surface area contributed by atoms with Crippen LogP contribution in [0.4, 0.5) is 19.0 Å². The summed E-state index contributed by atoms with van der Waals surface area (Å²) in [4.78, 5) is 23.7. The second-order valence-corrected chi connectivity index (χ2v) is 5.76. The van der Waals surface area contributed by atoms with E-state index in [1.165, 1.54) is 19.2 Å². The minimum absolute atomic E-state index is 0.137. The fourth-order valence-corrected chi connectivity index (χ4v) is 2.43. The number of anilines is 1. The molecule has 3 aromatic rings. The molecular weight excluding hydrogens is 391 g/mol. The number of benzene rings is 2. The van der Waals surface area contributed by atoms with Crippen molar-refractivity contribution in [2.45, 2.75) is 6.36 Å². The summed E-state index contributed by atoms with van der Waals surface area (Å²) in [6.45, 7) is 0. The highest BCUT2D eigenvalue weighted by atomic mass is 19.4. The number of hydrogen-bond donors (Lipinski definition) is 2. The molecule has 0 saturated heterocycles. The van der Waals surface area contributed by atoms with Gasteiger partial charge in [-0.2, -0.15) is 5.10 Å². The van der Waals surface area contributed by atoms with E-state index in [1.807, 2.05) is 0 Å². The molecule has 0 fully saturated rings. The van der Waals surface area contributed by atoms with Crippen LogP contribution in [-0.2, 0) is 4.74 Å². The summed E-state index contributed by atoms with van der Waals surface area (Å²) >= 11 is 0. The van der Waals surface area contributed by atoms with Crippen LogP contribution in [-0.4, -0.2) is 35.5 Å². The van der Waals surface area contributed by atoms with Crippen molar-refractivity contribution in [2.24, 2.45) is 0 Å². The normalized spacial score (nSPS) is 11.0. The van der Waals surface area contributed by atoms with E-state index in [0.29, 0.717) is 16.8 Å². The number of alkyl halides is 3. The standard InChI is InChI=1S/C19H14F3N3O4/c1-28-18(27)13-4-2-11(3-5-13)15-10-16(25-24-15)23-17(26)12-6-8-14(9-7-12)29-19(20,21)22/h2-10H,1H3,(H2,23,24,25,26). The first-order valence-corrected chi connectivity index (χ1v) is 8.16. The number of amides is 1. The summed E-state index contributed by atoms with van der Waals surface area (Å²) in [5, 5.41) is 9.29. The van der Waals surface area contributed by atoms with Gasteiger partial charge in [-0.3, -0.25) is 9.89 Å². The van der Waals surface area contributed by atoms with Gasteiger partial charge < -0.3 is 14.8 Å². The van der Waals surface area contributed by atoms with Crippen molar-refractivity contribution in [3.05, 3.63) is 65.7 Å². The second kappa shape index (κ2) is 8.05. The molecule has 0 saturated carbocycles. The van der Waals surface area contributed by atoms with E-state index in [9.17, 15) is 22.8 Å². The van der Waals surface area contributed by atoms with Crippen LogP contribution in [0.1, 0.15) is 20.7 Å². The third-order valence-electron chi connectivity index (χ3n) is 3.78. The lowest BCUT2D eigenvalue weighted by atomic mass is 10.1. The zero-order valence-corrected chi connectivity index (χ0v) is 14.9. The maximum atomic E-state index is 12.2. The van der Waals surface area contributed by atoms with Crippen LogP contribution in [0.3, 0.4) is 0 Å². The lowest BCUT2D eigenvalue weighted by molar-refractivity contribution is -0.274. The Labute approximate surface area is 162 Å². The molecule has 3 rings (SSSR count). The van der Waals surface area contributed by atoms with Crippen molar-refractivity contribution in [2.75, 3.05) is 12.4 Å². The molecule has 7 nitrogen and oxygen atoms in total. The van der Waals surface area contributed by atoms with Gasteiger partial charge in [0.15, 0.2) is 0 Å². The quantitative estimate of drug-likeness (QED) is 0.626. The Morgan fingerprint density at radius 3 is 2.21 bits per heavy atom. The molecule has 0 bridgehead atoms. The molecule has 10 heteroatoms. The molecule has 0 aliphatic carbocycles. The molecule has 0 unspecified atom stereocenters. The first-order valence-electron chi connectivity index (χ1n) is 8.16. The largest absolute Gasteiger partial charge is 0.573 e. The third-order valence-corrected chi connectivity index (χ3v) is 3.78. The minimum Gasteiger partial charge on any atom is -0.465 e. The van der Waals surface area contributed by atoms with Crippen molar-refractivity contribution < 1.29 is 32.2 Å². The summed E-state index contributed by atoms with van der Waals surface area (Å²) in [6, 6.07) is 12.6. The Balaban J connectivity index is 1.66. The van der Waals surface area contributed by atoms with Crippen LogP contribution in [0, 0.1) is 0 Å². The van der Waals surface area contributed by atoms with Gasteiger partial charge in [-0.05, 0) is 36.4 Å². The van der Waals surface area contributed by atoms with Crippen molar-refractivity contribution in [3.63, 3.8) is 0 Å². The number of carbonyl (C=O) groups excluding carboxylic acids is 2. The van der Waals surface area contributed by atoms with Gasteiger partial charge in [-0.15, -0.1) is 13.2 Å². The van der Waals surface area contributed by atoms with Crippen LogP contribution in [0.15, 0.2) is 54.6 Å². The molecule has 0 spiro atoms. The van der Waals surface area contributed by atoms with E-state index < -0.39 is 24.0 Å². The van der Waals surface area contributed by atoms with Gasteiger partial charge in [0.25, 0.3) is 5.91 Å². The van der Waals surface area contributed by atoms with Crippen molar-refractivity contribution in [1.29, 1.82) is 0 Å². The van der Waals surface area contributed by atoms with Gasteiger partial charge in [0.1, 0.15) is 11.6 Å². The van der Waals surface area contributed by atoms with Gasteiger partial charge in [0.05, 0.1) is 18.4 Å². The first kappa shape index (κ1) is 19.9. The van der Waals surface area contributed by atoms with E-state index in [1.54, 1.807) is 30.3 Å². The van der Waals surface area contributed by atoms with Gasteiger partial charge in [-0.1, -0.05) is 12.1 Å². The Hall–Kier alpha value is -3.82. The molecule has 29 heavy (non-hydrogen) atoms. The van der Waals surface area contributed by atoms with Gasteiger partial charge in [-0.25, -0.2) is 4.79 Å². The van der Waals surface area contributed by atoms with E-state index in [2.05, 4.69) is 25.0 Å². The minimum atomic E-state index is -4.80. The summed E-state index contributed by atoms with van der Waals surface area (Å²) < 4.78 is 44.9. The molecule has 150 valence electrons. The number of nitrogens with one attached hydrogen (secondary N) is 2. The number of rotatable bonds is 5. The van der Waals surface area contributed by atoms with Crippen LogP contribution >= 0.6 is 0 Å². The maximum absolute atomic E-state index is 12.2. The zero-order chi connectivity index (χ0) is 21.0. The smallest absolute Gasteiger partial charge is 0.465 e. The highest BCUT2D eigenvalue weighted by Crippen LogP contribution is 2.24. The summed E-state index contributed by atoms with van der Waals surface area (Å²) in [5.41, 5.74) is 1.74. The topological polar surface area (TPSA) is 93.3 Å². The second-order valence-electron chi connectivity index (χ2n) is 5.76. The Morgan fingerprint density at radius 1 is 1.00 bits per heavy atom. The van der Waals surface area contributed by atoms with E-state index in [0.717, 1.165) is 12.1 Å². The summed E-state index contributed by atoms with van der Waals surface area (Å²) in [5.74, 6) is -1.14. The molecule has 0 aliphatic heterocycles. The molecule has 1 amide bonds. The molecule has 0 atom stereocenters. The van der Waals surface area contributed by atoms with Crippen LogP contribution < -0.4 is 10.1 Å². The number of aromatic amines is 1. The average molecular weight is 405 g/mol. The number of H-pyrrole nitrogens is 1. The predicted molar refractivity (Wildman–Crippen MR) is 96.4 cm³/mol. The number of hydrogen-bond acceptors (Lipinski definition) is 5. The highest BCUT2D eigenvalue weighted by Gasteiger charge is 2.31. The van der Waals surface area contributed by atoms with E-state index >= 15 is 0 Å². The van der Waals surface area contributed by atoms with Crippen LogP contribution in [0.5, 0.6) is 5.75 Å². The highest BCUT2D eigenvalue weighted by molar-refractivity contribution is 6.04. The first-order chi connectivity index (χ1) is 13.7. The monoisotopic (exact) mass is 405 g/mol. The fourth-order valence-electron chi connectivity index (χ4n) is 2.43. The SMILES string of the molecule is COC(=O)c1ccc(-c2cc(NC(=O)c3ccc(OC(F)(F)F)cc3)[nH]n2)cc1. The number of halogens is 3. The number of nitrogens with zero attached hydrogens (tertiary/aromatic N) is 1. The Bertz CT molecular complexity index is 1010. The van der Waals surface area contributed by atoms with Crippen molar-refractivity contribution >= 4 is 17.7 Å².